The van der Waals surface area contributed by atoms with E-state index in [-0.39, 0.29) is 35.3 Å². The van der Waals surface area contributed by atoms with Gasteiger partial charge in [-0.25, -0.2) is 0 Å². The molecule has 0 spiro atoms. The lowest BCUT2D eigenvalue weighted by molar-refractivity contribution is -0.157. The molecular formula is C19H19Br2NO5. The maximum atomic E-state index is 12.6. The number of carbonyl (C=O) groups is 3. The lowest BCUT2D eigenvalue weighted by Crippen LogP contribution is -2.39. The van der Waals surface area contributed by atoms with E-state index in [0.29, 0.717) is 5.69 Å². The number of hydrogen-bond acceptors (Lipinski definition) is 5. The third-order valence-corrected chi connectivity index (χ3v) is 7.56. The molecular weight excluding hydrogens is 482 g/mol. The van der Waals surface area contributed by atoms with Crippen LogP contribution in [0.25, 0.3) is 0 Å². The van der Waals surface area contributed by atoms with Gasteiger partial charge in [0.05, 0.1) is 16.7 Å². The Kier molecular flexibility index (Phi) is 5.05. The molecule has 0 radical (unpaired) electrons. The summed E-state index contributed by atoms with van der Waals surface area (Å²) in [7, 11) is 0. The average Bonchev–Trinajstić information content (AvgIpc) is 3.25. The van der Waals surface area contributed by atoms with Gasteiger partial charge < -0.3 is 14.8 Å². The number of anilines is 1. The summed E-state index contributed by atoms with van der Waals surface area (Å²) in [5, 5.41) is 2.78. The molecule has 1 amide bonds. The molecule has 1 aromatic carbocycles. The number of esters is 2. The third kappa shape index (κ3) is 3.20. The summed E-state index contributed by atoms with van der Waals surface area (Å²) in [6, 6.07) is 5.59. The maximum Gasteiger partial charge on any atom is 0.310 e. The van der Waals surface area contributed by atoms with Gasteiger partial charge in [-0.05, 0) is 42.5 Å². The number of rotatable bonds is 5. The lowest BCUT2D eigenvalue weighted by atomic mass is 9.80. The van der Waals surface area contributed by atoms with Gasteiger partial charge in [-0.15, -0.1) is 0 Å². The quantitative estimate of drug-likeness (QED) is 0.496. The van der Waals surface area contributed by atoms with Crippen molar-refractivity contribution in [1.29, 1.82) is 0 Å². The van der Waals surface area contributed by atoms with Crippen molar-refractivity contribution in [3.63, 3.8) is 0 Å². The number of ether oxygens (including phenoxy) is 2. The van der Waals surface area contributed by atoms with Crippen LogP contribution in [0.15, 0.2) is 22.7 Å². The molecule has 144 valence electrons. The van der Waals surface area contributed by atoms with E-state index >= 15 is 0 Å². The Morgan fingerprint density at radius 2 is 2.11 bits per heavy atom. The van der Waals surface area contributed by atoms with E-state index < -0.39 is 23.7 Å². The van der Waals surface area contributed by atoms with Crippen molar-refractivity contribution in [1.82, 2.24) is 0 Å². The highest BCUT2D eigenvalue weighted by Crippen LogP contribution is 2.60. The zero-order valence-electron chi connectivity index (χ0n) is 14.6. The highest BCUT2D eigenvalue weighted by atomic mass is 79.9. The first-order valence-corrected chi connectivity index (χ1v) is 10.7. The highest BCUT2D eigenvalue weighted by molar-refractivity contribution is 9.10. The minimum absolute atomic E-state index is 0.0187. The smallest absolute Gasteiger partial charge is 0.310 e. The van der Waals surface area contributed by atoms with Crippen molar-refractivity contribution in [2.45, 2.75) is 30.7 Å². The first kappa shape index (κ1) is 18.9. The second kappa shape index (κ2) is 7.20. The van der Waals surface area contributed by atoms with Crippen LogP contribution in [0.1, 0.15) is 18.9 Å². The zero-order chi connectivity index (χ0) is 19.3. The van der Waals surface area contributed by atoms with Crippen LogP contribution >= 0.6 is 31.9 Å². The molecule has 2 aliphatic carbocycles. The fraction of sp³-hybridized carbons (Fsp3) is 0.526. The van der Waals surface area contributed by atoms with Gasteiger partial charge in [0.2, 0.25) is 0 Å². The predicted molar refractivity (Wildman–Crippen MR) is 104 cm³/mol. The molecule has 4 rings (SSSR count). The Bertz CT molecular complexity index is 813. The summed E-state index contributed by atoms with van der Waals surface area (Å²) in [6.07, 6.45) is 1.41. The molecule has 0 unspecified atom stereocenters. The number of halogens is 2. The van der Waals surface area contributed by atoms with Gasteiger partial charge in [-0.2, -0.15) is 0 Å². The fourth-order valence-electron chi connectivity index (χ4n) is 4.69. The molecule has 0 aromatic heterocycles. The van der Waals surface area contributed by atoms with Crippen LogP contribution in [0, 0.1) is 23.7 Å². The SMILES string of the molecule is CCc1cc(Br)ccc1NC(=O)COC(=O)[C@@H]1[C@H]2C[C@H]3[C@H](OC(=O)[C@H]31)[C@H]2Br. The van der Waals surface area contributed by atoms with Gasteiger partial charge in [0.1, 0.15) is 6.10 Å². The molecule has 1 N–H and O–H groups in total. The lowest BCUT2D eigenvalue weighted by Gasteiger charge is -2.26. The molecule has 3 fully saturated rings. The van der Waals surface area contributed by atoms with Crippen molar-refractivity contribution in [2.75, 3.05) is 11.9 Å². The van der Waals surface area contributed by atoms with Gasteiger partial charge in [0.15, 0.2) is 6.61 Å². The molecule has 3 aliphatic rings. The number of hydrogen-bond donors (Lipinski definition) is 1. The van der Waals surface area contributed by atoms with E-state index in [1.807, 2.05) is 25.1 Å². The van der Waals surface area contributed by atoms with Crippen LogP contribution in [0.2, 0.25) is 0 Å². The second-order valence-electron chi connectivity index (χ2n) is 7.27. The molecule has 1 heterocycles. The molecule has 27 heavy (non-hydrogen) atoms. The Morgan fingerprint density at radius 3 is 2.85 bits per heavy atom. The number of benzene rings is 1. The van der Waals surface area contributed by atoms with Gasteiger partial charge >= 0.3 is 11.9 Å². The van der Waals surface area contributed by atoms with Crippen LogP contribution in [-0.4, -0.2) is 35.4 Å². The fourth-order valence-corrected chi connectivity index (χ4v) is 6.14. The Hall–Kier alpha value is -1.41. The molecule has 2 bridgehead atoms. The average molecular weight is 501 g/mol. The van der Waals surface area contributed by atoms with E-state index in [1.54, 1.807) is 0 Å². The van der Waals surface area contributed by atoms with Gasteiger partial charge in [-0.1, -0.05) is 38.8 Å². The van der Waals surface area contributed by atoms with Crippen LogP contribution in [0.5, 0.6) is 0 Å². The van der Waals surface area contributed by atoms with Crippen molar-refractivity contribution >= 4 is 55.4 Å². The largest absolute Gasteiger partial charge is 0.461 e. The number of fused-ring (bicyclic) bond motifs is 1. The van der Waals surface area contributed by atoms with Crippen molar-refractivity contribution in [3.05, 3.63) is 28.2 Å². The molecule has 8 heteroatoms. The Morgan fingerprint density at radius 1 is 1.33 bits per heavy atom. The minimum atomic E-state index is -0.530. The van der Waals surface area contributed by atoms with Crippen LogP contribution < -0.4 is 5.32 Å². The maximum absolute atomic E-state index is 12.6. The monoisotopic (exact) mass is 499 g/mol. The predicted octanol–water partition coefficient (Wildman–Crippen LogP) is 3.06. The first-order chi connectivity index (χ1) is 12.9. The van der Waals surface area contributed by atoms with E-state index in [4.69, 9.17) is 9.47 Å². The molecule has 1 aliphatic heterocycles. The standard InChI is InChI=1S/C19H19Br2NO5/c1-2-8-5-9(20)3-4-12(8)22-13(23)7-26-18(24)14-10-6-11-15(14)19(25)27-17(11)16(10)21/h3-5,10-11,14-17H,2,6-7H2,1H3,(H,22,23)/t10-,11-,14-,15-,16+,17+/m1/s1. The number of carbonyl (C=O) groups excluding carboxylic acids is 3. The van der Waals surface area contributed by atoms with Crippen molar-refractivity contribution in [3.8, 4) is 0 Å². The normalized spacial score (nSPS) is 33.1. The van der Waals surface area contributed by atoms with E-state index in [2.05, 4.69) is 37.2 Å². The summed E-state index contributed by atoms with van der Waals surface area (Å²) in [6.45, 7) is 1.63. The number of alkyl halides is 1. The Labute approximate surface area is 173 Å². The van der Waals surface area contributed by atoms with E-state index in [9.17, 15) is 14.4 Å². The molecule has 1 saturated heterocycles. The summed E-state index contributed by atoms with van der Waals surface area (Å²) in [5.74, 6) is -2.07. The van der Waals surface area contributed by atoms with Gasteiger partial charge in [-0.3, -0.25) is 14.4 Å². The summed E-state index contributed by atoms with van der Waals surface area (Å²) in [5.41, 5.74) is 1.68. The van der Waals surface area contributed by atoms with Crippen LogP contribution in [0.4, 0.5) is 5.69 Å². The topological polar surface area (TPSA) is 81.7 Å². The highest BCUT2D eigenvalue weighted by Gasteiger charge is 2.68. The number of nitrogens with one attached hydrogen (secondary N) is 1. The third-order valence-electron chi connectivity index (χ3n) is 5.86. The van der Waals surface area contributed by atoms with Crippen LogP contribution in [-0.2, 0) is 30.3 Å². The summed E-state index contributed by atoms with van der Waals surface area (Å²) >= 11 is 6.97. The second-order valence-corrected chi connectivity index (χ2v) is 9.24. The van der Waals surface area contributed by atoms with Crippen LogP contribution in [0.3, 0.4) is 0 Å². The number of aryl methyl sites for hydroxylation is 1. The molecule has 1 aromatic rings. The minimum Gasteiger partial charge on any atom is -0.461 e. The number of amides is 1. The van der Waals surface area contributed by atoms with Crippen molar-refractivity contribution in [2.24, 2.45) is 23.7 Å². The summed E-state index contributed by atoms with van der Waals surface area (Å²) < 4.78 is 11.6. The first-order valence-electron chi connectivity index (χ1n) is 9.00. The molecule has 2 saturated carbocycles. The van der Waals surface area contributed by atoms with Gasteiger partial charge in [0, 0.05) is 16.1 Å². The molecule has 6 atom stereocenters. The Balaban J connectivity index is 1.37. The molecule has 6 nitrogen and oxygen atoms in total. The van der Waals surface area contributed by atoms with Gasteiger partial charge in [0.25, 0.3) is 5.91 Å². The zero-order valence-corrected chi connectivity index (χ0v) is 17.8. The van der Waals surface area contributed by atoms with E-state index in [1.165, 1.54) is 0 Å². The van der Waals surface area contributed by atoms with Crippen molar-refractivity contribution < 1.29 is 23.9 Å². The summed E-state index contributed by atoms with van der Waals surface area (Å²) in [4.78, 5) is 36.9. The van der Waals surface area contributed by atoms with E-state index in [0.717, 1.165) is 22.9 Å².